The van der Waals surface area contributed by atoms with Gasteiger partial charge < -0.3 is 25.0 Å². The highest BCUT2D eigenvalue weighted by Crippen LogP contribution is 2.37. The lowest BCUT2D eigenvalue weighted by Gasteiger charge is -2.40. The van der Waals surface area contributed by atoms with Crippen LogP contribution in [0, 0.1) is 5.92 Å². The van der Waals surface area contributed by atoms with Gasteiger partial charge >= 0.3 is 0 Å². The number of benzene rings is 3. The maximum Gasteiger partial charge on any atom is 0.264 e. The van der Waals surface area contributed by atoms with Crippen molar-refractivity contribution in [2.24, 2.45) is 5.92 Å². The molecule has 318 valence electrons. The number of piperazine rings is 1. The zero-order valence-electron chi connectivity index (χ0n) is 34.4. The number of carbonyl (C=O) groups excluding carboxylic acids is 5. The number of rotatable bonds is 11. The van der Waals surface area contributed by atoms with Gasteiger partial charge in [-0.25, -0.2) is 15.0 Å². The SMILES string of the molecule is O=C1CCC(N2C(=O)c3cccc(N4CCC(CN5CCN(c6ccc(Nc7ncnc8c7ncn8C7CC(NC(=O)Cc8ccccc8)C7)cc6)CC5)CC4)c3C2=O)C(=O)N1. The summed E-state index contributed by atoms with van der Waals surface area (Å²) in [7, 11) is 0. The van der Waals surface area contributed by atoms with Crippen LogP contribution >= 0.6 is 0 Å². The standard InChI is InChI=1S/C46H49N11O5/c58-38-14-13-37(44(60)52-38)57-45(61)35-7-4-8-36(40(35)46(57)62)55-17-15-30(16-18-55)26-53-19-21-54(22-20-53)33-11-9-31(10-12-33)51-42-41-43(48-27-47-42)56(28-49-41)34-24-32(25-34)50-39(59)23-29-5-2-1-3-6-29/h1-12,27-28,30,32,34,37H,13-26H2,(H,50,59)(H,47,48,51)(H,52,58,60). The zero-order valence-corrected chi connectivity index (χ0v) is 34.4. The summed E-state index contributed by atoms with van der Waals surface area (Å²) >= 11 is 0. The van der Waals surface area contributed by atoms with E-state index in [0.717, 1.165) is 99.0 Å². The Morgan fingerprint density at radius 3 is 2.31 bits per heavy atom. The van der Waals surface area contributed by atoms with Crippen LogP contribution in [0.15, 0.2) is 85.5 Å². The molecule has 16 heteroatoms. The van der Waals surface area contributed by atoms with Crippen LogP contribution < -0.4 is 25.8 Å². The van der Waals surface area contributed by atoms with Crippen molar-refractivity contribution >= 4 is 63.6 Å². The summed E-state index contributed by atoms with van der Waals surface area (Å²) in [5.41, 5.74) is 6.01. The van der Waals surface area contributed by atoms with Gasteiger partial charge in [0, 0.05) is 75.7 Å². The van der Waals surface area contributed by atoms with Crippen molar-refractivity contribution in [1.82, 2.24) is 40.0 Å². The van der Waals surface area contributed by atoms with E-state index in [1.54, 1.807) is 18.5 Å². The van der Waals surface area contributed by atoms with Gasteiger partial charge in [0.25, 0.3) is 11.8 Å². The molecule has 2 aromatic heterocycles. The molecule has 5 amide bonds. The fourth-order valence-corrected chi connectivity index (χ4v) is 9.77. The molecule has 10 rings (SSSR count). The first-order valence-corrected chi connectivity index (χ1v) is 21.7. The number of imide groups is 2. The number of piperidine rings is 2. The summed E-state index contributed by atoms with van der Waals surface area (Å²) in [5, 5.41) is 8.89. The smallest absolute Gasteiger partial charge is 0.264 e. The molecule has 1 aliphatic carbocycles. The van der Waals surface area contributed by atoms with Crippen molar-refractivity contribution in [3.8, 4) is 0 Å². The molecule has 3 aromatic carbocycles. The Hall–Kier alpha value is -6.68. The highest BCUT2D eigenvalue weighted by Gasteiger charge is 2.46. The van der Waals surface area contributed by atoms with Crippen LogP contribution in [0.4, 0.5) is 22.9 Å². The second-order valence-corrected chi connectivity index (χ2v) is 17.1. The van der Waals surface area contributed by atoms with Gasteiger partial charge in [-0.1, -0.05) is 36.4 Å². The molecule has 0 radical (unpaired) electrons. The van der Waals surface area contributed by atoms with Crippen LogP contribution in [0.2, 0.25) is 0 Å². The first kappa shape index (κ1) is 39.5. The van der Waals surface area contributed by atoms with Crippen molar-refractivity contribution in [1.29, 1.82) is 0 Å². The number of carbonyl (C=O) groups is 5. The Kier molecular flexibility index (Phi) is 10.6. The number of fused-ring (bicyclic) bond motifs is 2. The lowest BCUT2D eigenvalue weighted by atomic mass is 9.86. The summed E-state index contributed by atoms with van der Waals surface area (Å²) in [6.45, 7) is 6.40. The topological polar surface area (TPSA) is 178 Å². The molecule has 1 saturated carbocycles. The minimum atomic E-state index is -0.975. The summed E-state index contributed by atoms with van der Waals surface area (Å²) in [4.78, 5) is 85.9. The molecule has 4 fully saturated rings. The second kappa shape index (κ2) is 16.6. The van der Waals surface area contributed by atoms with Crippen molar-refractivity contribution in [3.05, 3.63) is 102 Å². The van der Waals surface area contributed by atoms with Crippen LogP contribution in [0.25, 0.3) is 11.2 Å². The van der Waals surface area contributed by atoms with E-state index in [4.69, 9.17) is 0 Å². The lowest BCUT2D eigenvalue weighted by Crippen LogP contribution is -2.54. The molecular weight excluding hydrogens is 787 g/mol. The molecule has 62 heavy (non-hydrogen) atoms. The van der Waals surface area contributed by atoms with Gasteiger partial charge in [0.15, 0.2) is 17.0 Å². The third kappa shape index (κ3) is 7.74. The molecule has 4 aliphatic heterocycles. The van der Waals surface area contributed by atoms with Crippen LogP contribution in [-0.4, -0.2) is 117 Å². The average molecular weight is 836 g/mol. The normalized spacial score (nSPS) is 22.1. The van der Waals surface area contributed by atoms with Gasteiger partial charge in [0.2, 0.25) is 17.7 Å². The van der Waals surface area contributed by atoms with Crippen molar-refractivity contribution < 1.29 is 24.0 Å². The number of nitrogens with one attached hydrogen (secondary N) is 3. The minimum absolute atomic E-state index is 0.0429. The Morgan fingerprint density at radius 1 is 0.774 bits per heavy atom. The van der Waals surface area contributed by atoms with Gasteiger partial charge in [0.05, 0.1) is 29.6 Å². The molecule has 5 aliphatic rings. The predicted molar refractivity (Wildman–Crippen MR) is 232 cm³/mol. The van der Waals surface area contributed by atoms with E-state index in [-0.39, 0.29) is 36.7 Å². The third-order valence-corrected chi connectivity index (χ3v) is 13.2. The van der Waals surface area contributed by atoms with Crippen molar-refractivity contribution in [2.45, 2.75) is 63.1 Å². The Labute approximate surface area is 358 Å². The summed E-state index contributed by atoms with van der Waals surface area (Å²) in [5.74, 6) is -0.692. The fraction of sp³-hybridized carbons (Fsp3) is 0.391. The van der Waals surface area contributed by atoms with E-state index in [9.17, 15) is 24.0 Å². The quantitative estimate of drug-likeness (QED) is 0.163. The van der Waals surface area contributed by atoms with Gasteiger partial charge in [-0.05, 0) is 80.0 Å². The molecule has 3 saturated heterocycles. The van der Waals surface area contributed by atoms with Crippen molar-refractivity contribution in [2.75, 3.05) is 60.9 Å². The highest BCUT2D eigenvalue weighted by molar-refractivity contribution is 6.25. The summed E-state index contributed by atoms with van der Waals surface area (Å²) in [6.07, 6.45) is 7.63. The molecular formula is C46H49N11O5. The maximum absolute atomic E-state index is 13.7. The highest BCUT2D eigenvalue weighted by atomic mass is 16.2. The van der Waals surface area contributed by atoms with E-state index in [1.807, 2.05) is 42.7 Å². The average Bonchev–Trinajstić information content (AvgIpc) is 3.81. The second-order valence-electron chi connectivity index (χ2n) is 17.1. The summed E-state index contributed by atoms with van der Waals surface area (Å²) < 4.78 is 2.10. The first-order valence-electron chi connectivity index (χ1n) is 21.7. The van der Waals surface area contributed by atoms with Gasteiger partial charge in [-0.2, -0.15) is 0 Å². The minimum Gasteiger partial charge on any atom is -0.371 e. The first-order chi connectivity index (χ1) is 30.3. The number of imidazole rings is 1. The Balaban J connectivity index is 0.686. The molecule has 16 nitrogen and oxygen atoms in total. The number of anilines is 4. The fourth-order valence-electron chi connectivity index (χ4n) is 9.77. The van der Waals surface area contributed by atoms with Gasteiger partial charge in [0.1, 0.15) is 12.4 Å². The van der Waals surface area contributed by atoms with E-state index >= 15 is 0 Å². The molecule has 0 bridgehead atoms. The van der Waals surface area contributed by atoms with Crippen LogP contribution in [0.5, 0.6) is 0 Å². The van der Waals surface area contributed by atoms with E-state index in [1.165, 1.54) is 5.69 Å². The number of nitrogens with zero attached hydrogens (tertiary/aromatic N) is 8. The number of amides is 5. The zero-order chi connectivity index (χ0) is 42.3. The molecule has 1 atom stereocenters. The van der Waals surface area contributed by atoms with E-state index < -0.39 is 23.8 Å². The largest absolute Gasteiger partial charge is 0.371 e. The summed E-state index contributed by atoms with van der Waals surface area (Å²) in [6, 6.07) is 23.0. The molecule has 3 N–H and O–H groups in total. The Bertz CT molecular complexity index is 2520. The monoisotopic (exact) mass is 835 g/mol. The molecule has 5 aromatic rings. The predicted octanol–water partition coefficient (Wildman–Crippen LogP) is 4.07. The number of hydrogen-bond donors (Lipinski definition) is 3. The van der Waals surface area contributed by atoms with Crippen LogP contribution in [0.1, 0.15) is 70.8 Å². The van der Waals surface area contributed by atoms with Gasteiger partial charge in [-0.15, -0.1) is 0 Å². The van der Waals surface area contributed by atoms with E-state index in [2.05, 4.69) is 74.4 Å². The van der Waals surface area contributed by atoms with E-state index in [0.29, 0.717) is 34.8 Å². The third-order valence-electron chi connectivity index (χ3n) is 13.2. The van der Waals surface area contributed by atoms with Gasteiger partial charge in [-0.3, -0.25) is 39.1 Å². The molecule has 1 unspecified atom stereocenters. The van der Waals surface area contributed by atoms with Crippen LogP contribution in [0.3, 0.4) is 0 Å². The lowest BCUT2D eigenvalue weighted by molar-refractivity contribution is -0.136. The molecule has 0 spiro atoms. The van der Waals surface area contributed by atoms with Crippen molar-refractivity contribution in [3.63, 3.8) is 0 Å². The number of aromatic nitrogens is 4. The van der Waals surface area contributed by atoms with Crippen LogP contribution in [-0.2, 0) is 20.8 Å². The molecule has 6 heterocycles. The maximum atomic E-state index is 13.7. The Morgan fingerprint density at radius 2 is 1.55 bits per heavy atom. The number of hydrogen-bond acceptors (Lipinski definition) is 12.